The number of hydrogen-bond acceptors (Lipinski definition) is 4. The zero-order valence-electron chi connectivity index (χ0n) is 10.8. The number of anilines is 1. The van der Waals surface area contributed by atoms with Gasteiger partial charge in [-0.2, -0.15) is 0 Å². The molecule has 0 aliphatic carbocycles. The van der Waals surface area contributed by atoms with Crippen molar-refractivity contribution in [3.8, 4) is 0 Å². The molecule has 0 bridgehead atoms. The Bertz CT molecular complexity index is 407. The fourth-order valence-electron chi connectivity index (χ4n) is 1.50. The Balaban J connectivity index is 3.03. The van der Waals surface area contributed by atoms with E-state index in [9.17, 15) is 4.79 Å². The SMILES string of the molecule is CCC(C)N(CC(=O)O)c1cnc(C)c(C)n1. The standard InChI is InChI=1S/C12H19N3O2/c1-5-8(2)15(7-12(16)17)11-6-13-9(3)10(4)14-11/h6,8H,5,7H2,1-4H3,(H,16,17). The van der Waals surface area contributed by atoms with E-state index < -0.39 is 5.97 Å². The van der Waals surface area contributed by atoms with Gasteiger partial charge in [-0.3, -0.25) is 9.78 Å². The highest BCUT2D eigenvalue weighted by Crippen LogP contribution is 2.16. The number of aliphatic carboxylic acids is 1. The predicted molar refractivity (Wildman–Crippen MR) is 66.2 cm³/mol. The summed E-state index contributed by atoms with van der Waals surface area (Å²) in [6.07, 6.45) is 2.50. The van der Waals surface area contributed by atoms with Crippen molar-refractivity contribution >= 4 is 11.8 Å². The van der Waals surface area contributed by atoms with Crippen molar-refractivity contribution in [3.05, 3.63) is 17.6 Å². The van der Waals surface area contributed by atoms with Gasteiger partial charge in [0.2, 0.25) is 0 Å². The number of aromatic nitrogens is 2. The average molecular weight is 237 g/mol. The fraction of sp³-hybridized carbons (Fsp3) is 0.583. The minimum absolute atomic E-state index is 0.0494. The van der Waals surface area contributed by atoms with Crippen LogP contribution in [0.4, 0.5) is 5.82 Å². The van der Waals surface area contributed by atoms with Crippen LogP contribution in [0.15, 0.2) is 6.20 Å². The maximum Gasteiger partial charge on any atom is 0.323 e. The Morgan fingerprint density at radius 1 is 1.47 bits per heavy atom. The van der Waals surface area contributed by atoms with Crippen molar-refractivity contribution in [2.24, 2.45) is 0 Å². The summed E-state index contributed by atoms with van der Waals surface area (Å²) in [4.78, 5) is 21.3. The molecule has 0 aliphatic rings. The van der Waals surface area contributed by atoms with E-state index in [1.54, 1.807) is 11.1 Å². The highest BCUT2D eigenvalue weighted by Gasteiger charge is 2.18. The van der Waals surface area contributed by atoms with Crippen LogP contribution in [0.2, 0.25) is 0 Å². The second-order valence-electron chi connectivity index (χ2n) is 4.18. The molecule has 1 N–H and O–H groups in total. The zero-order valence-corrected chi connectivity index (χ0v) is 10.8. The van der Waals surface area contributed by atoms with Crippen LogP contribution < -0.4 is 4.90 Å². The van der Waals surface area contributed by atoms with E-state index in [1.165, 1.54) is 0 Å². The molecule has 1 aromatic rings. The first kappa shape index (κ1) is 13.4. The minimum atomic E-state index is -0.856. The van der Waals surface area contributed by atoms with E-state index in [0.29, 0.717) is 5.82 Å². The molecule has 0 fully saturated rings. The topological polar surface area (TPSA) is 66.3 Å². The Labute approximate surface area is 102 Å². The van der Waals surface area contributed by atoms with Crippen LogP contribution in [0, 0.1) is 13.8 Å². The second-order valence-corrected chi connectivity index (χ2v) is 4.18. The second kappa shape index (κ2) is 5.61. The predicted octanol–water partition coefficient (Wildman–Crippen LogP) is 1.78. The molecular formula is C12H19N3O2. The van der Waals surface area contributed by atoms with Crippen molar-refractivity contribution in [1.82, 2.24) is 9.97 Å². The molecule has 1 rings (SSSR count). The monoisotopic (exact) mass is 237 g/mol. The lowest BCUT2D eigenvalue weighted by molar-refractivity contribution is -0.135. The third-order valence-electron chi connectivity index (χ3n) is 2.90. The molecule has 0 radical (unpaired) electrons. The highest BCUT2D eigenvalue weighted by molar-refractivity contribution is 5.73. The van der Waals surface area contributed by atoms with Crippen molar-refractivity contribution in [2.75, 3.05) is 11.4 Å². The molecule has 0 saturated heterocycles. The summed E-state index contributed by atoms with van der Waals surface area (Å²) in [5.74, 6) is -0.227. The van der Waals surface area contributed by atoms with E-state index in [4.69, 9.17) is 5.11 Å². The molecule has 5 nitrogen and oxygen atoms in total. The summed E-state index contributed by atoms with van der Waals surface area (Å²) in [5, 5.41) is 8.92. The quantitative estimate of drug-likeness (QED) is 0.845. The van der Waals surface area contributed by atoms with Gasteiger partial charge in [0.15, 0.2) is 0 Å². The van der Waals surface area contributed by atoms with E-state index in [-0.39, 0.29) is 12.6 Å². The van der Waals surface area contributed by atoms with Gasteiger partial charge in [0, 0.05) is 6.04 Å². The summed E-state index contributed by atoms with van der Waals surface area (Å²) in [7, 11) is 0. The number of aryl methyl sites for hydroxylation is 2. The van der Waals surface area contributed by atoms with Crippen LogP contribution >= 0.6 is 0 Å². The largest absolute Gasteiger partial charge is 0.480 e. The van der Waals surface area contributed by atoms with Gasteiger partial charge in [-0.1, -0.05) is 6.92 Å². The van der Waals surface area contributed by atoms with Gasteiger partial charge in [-0.25, -0.2) is 4.98 Å². The molecule has 0 aromatic carbocycles. The van der Waals surface area contributed by atoms with Gasteiger partial charge in [0.1, 0.15) is 12.4 Å². The fourth-order valence-corrected chi connectivity index (χ4v) is 1.50. The summed E-state index contributed by atoms with van der Waals surface area (Å²) in [6.45, 7) is 7.72. The molecule has 1 atom stereocenters. The average Bonchev–Trinajstić information content (AvgIpc) is 2.28. The van der Waals surface area contributed by atoms with Crippen LogP contribution in [0.5, 0.6) is 0 Å². The van der Waals surface area contributed by atoms with Gasteiger partial charge in [0.25, 0.3) is 0 Å². The zero-order chi connectivity index (χ0) is 13.0. The van der Waals surface area contributed by atoms with E-state index in [1.807, 2.05) is 27.7 Å². The molecule has 1 heterocycles. The smallest absolute Gasteiger partial charge is 0.323 e. The Hall–Kier alpha value is -1.65. The molecule has 1 aromatic heterocycles. The molecular weight excluding hydrogens is 218 g/mol. The van der Waals surface area contributed by atoms with Gasteiger partial charge in [-0.15, -0.1) is 0 Å². The van der Waals surface area contributed by atoms with E-state index in [2.05, 4.69) is 9.97 Å². The van der Waals surface area contributed by atoms with Crippen LogP contribution in [0.25, 0.3) is 0 Å². The number of rotatable bonds is 5. The van der Waals surface area contributed by atoms with Gasteiger partial charge in [-0.05, 0) is 27.2 Å². The number of hydrogen-bond donors (Lipinski definition) is 1. The molecule has 5 heteroatoms. The first-order valence-corrected chi connectivity index (χ1v) is 5.74. The van der Waals surface area contributed by atoms with Crippen molar-refractivity contribution in [3.63, 3.8) is 0 Å². The van der Waals surface area contributed by atoms with Crippen molar-refractivity contribution < 1.29 is 9.90 Å². The Kier molecular flexibility index (Phi) is 4.43. The number of carboxylic acid groups (broad SMARTS) is 1. The van der Waals surface area contributed by atoms with Gasteiger partial charge in [0.05, 0.1) is 17.6 Å². The molecule has 0 saturated carbocycles. The van der Waals surface area contributed by atoms with Gasteiger partial charge < -0.3 is 10.0 Å². The molecule has 0 spiro atoms. The first-order chi connectivity index (χ1) is 7.95. The number of carbonyl (C=O) groups is 1. The number of carboxylic acids is 1. The lowest BCUT2D eigenvalue weighted by atomic mass is 10.2. The maximum atomic E-state index is 10.9. The van der Waals surface area contributed by atoms with E-state index >= 15 is 0 Å². The normalized spacial score (nSPS) is 12.2. The summed E-state index contributed by atoms with van der Waals surface area (Å²) >= 11 is 0. The summed E-state index contributed by atoms with van der Waals surface area (Å²) in [5.41, 5.74) is 1.70. The molecule has 94 valence electrons. The first-order valence-electron chi connectivity index (χ1n) is 5.74. The van der Waals surface area contributed by atoms with Crippen LogP contribution in [-0.4, -0.2) is 33.6 Å². The lowest BCUT2D eigenvalue weighted by Crippen LogP contribution is -2.38. The van der Waals surface area contributed by atoms with Crippen LogP contribution in [0.1, 0.15) is 31.7 Å². The van der Waals surface area contributed by atoms with Crippen LogP contribution in [0.3, 0.4) is 0 Å². The number of nitrogens with zero attached hydrogens (tertiary/aromatic N) is 3. The maximum absolute atomic E-state index is 10.9. The highest BCUT2D eigenvalue weighted by atomic mass is 16.4. The van der Waals surface area contributed by atoms with Crippen molar-refractivity contribution in [2.45, 2.75) is 40.2 Å². The summed E-state index contributed by atoms with van der Waals surface area (Å²) < 4.78 is 0. The molecule has 0 aliphatic heterocycles. The minimum Gasteiger partial charge on any atom is -0.480 e. The lowest BCUT2D eigenvalue weighted by Gasteiger charge is -2.28. The third kappa shape index (κ3) is 3.41. The Morgan fingerprint density at radius 3 is 2.59 bits per heavy atom. The third-order valence-corrected chi connectivity index (χ3v) is 2.90. The molecule has 17 heavy (non-hydrogen) atoms. The van der Waals surface area contributed by atoms with Gasteiger partial charge >= 0.3 is 5.97 Å². The molecule has 0 amide bonds. The van der Waals surface area contributed by atoms with Crippen molar-refractivity contribution in [1.29, 1.82) is 0 Å². The Morgan fingerprint density at radius 2 is 2.12 bits per heavy atom. The van der Waals surface area contributed by atoms with E-state index in [0.717, 1.165) is 17.8 Å². The van der Waals surface area contributed by atoms with Crippen LogP contribution in [-0.2, 0) is 4.79 Å². The summed E-state index contributed by atoms with van der Waals surface area (Å²) in [6, 6.07) is 0.127. The molecule has 1 unspecified atom stereocenters.